The maximum absolute atomic E-state index is 4.89. The summed E-state index contributed by atoms with van der Waals surface area (Å²) in [4.78, 5) is 18.7. The number of rotatable bonds is 7. The molecule has 8 nitrogen and oxygen atoms in total. The standard InChI is InChI=1S/C21H30N8S.HI/c1-3-19-25-21(30-26-19)28-14-12-27(13-15-28)20(22-4-2)23-10-7-11-29-16-24-17-8-5-6-9-18(17)29;/h5-6,8-9,16H,3-4,7,10-15H2,1-2H3,(H,22,23);1H. The van der Waals surface area contributed by atoms with Crippen molar-refractivity contribution in [1.82, 2.24) is 29.1 Å². The molecule has 1 aromatic carbocycles. The third-order valence-electron chi connectivity index (χ3n) is 5.30. The van der Waals surface area contributed by atoms with E-state index in [-0.39, 0.29) is 24.0 Å². The first-order chi connectivity index (χ1) is 14.8. The first-order valence-electron chi connectivity index (χ1n) is 10.8. The molecule has 0 bridgehead atoms. The van der Waals surface area contributed by atoms with Crippen molar-refractivity contribution < 1.29 is 0 Å². The average Bonchev–Trinajstić information content (AvgIpc) is 3.43. The third-order valence-corrected chi connectivity index (χ3v) is 6.12. The molecule has 1 saturated heterocycles. The second-order valence-corrected chi connectivity index (χ2v) is 8.07. The Labute approximate surface area is 205 Å². The van der Waals surface area contributed by atoms with Crippen LogP contribution in [-0.2, 0) is 13.0 Å². The third kappa shape index (κ3) is 5.85. The summed E-state index contributed by atoms with van der Waals surface area (Å²) in [6, 6.07) is 8.26. The van der Waals surface area contributed by atoms with Crippen molar-refractivity contribution in [2.45, 2.75) is 33.2 Å². The van der Waals surface area contributed by atoms with Gasteiger partial charge in [-0.2, -0.15) is 4.37 Å². The van der Waals surface area contributed by atoms with Gasteiger partial charge in [-0.3, -0.25) is 4.99 Å². The Morgan fingerprint density at radius 2 is 1.97 bits per heavy atom. The summed E-state index contributed by atoms with van der Waals surface area (Å²) in [5.41, 5.74) is 2.24. The Morgan fingerprint density at radius 3 is 2.71 bits per heavy atom. The van der Waals surface area contributed by atoms with Crippen LogP contribution in [-0.4, -0.2) is 69.0 Å². The van der Waals surface area contributed by atoms with Gasteiger partial charge in [0.25, 0.3) is 0 Å². The molecule has 31 heavy (non-hydrogen) atoms. The predicted molar refractivity (Wildman–Crippen MR) is 139 cm³/mol. The minimum atomic E-state index is 0. The van der Waals surface area contributed by atoms with Gasteiger partial charge in [0, 0.05) is 63.8 Å². The smallest absolute Gasteiger partial charge is 0.205 e. The maximum Gasteiger partial charge on any atom is 0.205 e. The zero-order valence-electron chi connectivity index (χ0n) is 18.2. The van der Waals surface area contributed by atoms with E-state index in [1.165, 1.54) is 17.0 Å². The summed E-state index contributed by atoms with van der Waals surface area (Å²) in [6.07, 6.45) is 3.80. The first kappa shape index (κ1) is 23.7. The fraction of sp³-hybridized carbons (Fsp3) is 0.524. The lowest BCUT2D eigenvalue weighted by Gasteiger charge is -2.36. The van der Waals surface area contributed by atoms with Gasteiger partial charge in [-0.25, -0.2) is 9.97 Å². The highest BCUT2D eigenvalue weighted by Gasteiger charge is 2.21. The lowest BCUT2D eigenvalue weighted by atomic mass is 10.3. The number of hydrogen-bond acceptors (Lipinski definition) is 6. The van der Waals surface area contributed by atoms with Gasteiger partial charge in [0.1, 0.15) is 5.82 Å². The minimum absolute atomic E-state index is 0. The Kier molecular flexibility index (Phi) is 8.88. The molecule has 3 aromatic rings. The number of anilines is 1. The first-order valence-corrected chi connectivity index (χ1v) is 11.6. The van der Waals surface area contributed by atoms with Crippen LogP contribution in [0, 0.1) is 0 Å². The minimum Gasteiger partial charge on any atom is -0.357 e. The van der Waals surface area contributed by atoms with Crippen LogP contribution in [0.3, 0.4) is 0 Å². The Bertz CT molecular complexity index is 977. The number of benzene rings is 1. The van der Waals surface area contributed by atoms with Crippen molar-refractivity contribution in [3.8, 4) is 0 Å². The van der Waals surface area contributed by atoms with Crippen LogP contribution in [0.4, 0.5) is 5.13 Å². The molecular formula is C21H31IN8S. The fourth-order valence-corrected chi connectivity index (χ4v) is 4.47. The number of nitrogens with one attached hydrogen (secondary N) is 1. The van der Waals surface area contributed by atoms with Crippen LogP contribution in [0.2, 0.25) is 0 Å². The predicted octanol–water partition coefficient (Wildman–Crippen LogP) is 3.25. The van der Waals surface area contributed by atoms with Crippen LogP contribution >= 0.6 is 35.5 Å². The van der Waals surface area contributed by atoms with Crippen molar-refractivity contribution >= 4 is 57.6 Å². The molecule has 1 N–H and O–H groups in total. The van der Waals surface area contributed by atoms with E-state index in [2.05, 4.69) is 66.1 Å². The summed E-state index contributed by atoms with van der Waals surface area (Å²) in [6.45, 7) is 10.6. The van der Waals surface area contributed by atoms with Crippen LogP contribution in [0.25, 0.3) is 11.0 Å². The number of halogens is 1. The lowest BCUT2D eigenvalue weighted by Crippen LogP contribution is -2.52. The van der Waals surface area contributed by atoms with Gasteiger partial charge in [-0.15, -0.1) is 24.0 Å². The second-order valence-electron chi connectivity index (χ2n) is 7.34. The van der Waals surface area contributed by atoms with Crippen LogP contribution in [0.1, 0.15) is 26.1 Å². The van der Waals surface area contributed by atoms with E-state index in [9.17, 15) is 0 Å². The summed E-state index contributed by atoms with van der Waals surface area (Å²) in [7, 11) is 0. The Morgan fingerprint density at radius 1 is 1.16 bits per heavy atom. The van der Waals surface area contributed by atoms with E-state index in [4.69, 9.17) is 4.99 Å². The number of para-hydroxylation sites is 2. The van der Waals surface area contributed by atoms with Gasteiger partial charge in [0.2, 0.25) is 5.13 Å². The Balaban J connectivity index is 0.00000272. The Hall–Kier alpha value is -1.95. The van der Waals surface area contributed by atoms with Gasteiger partial charge < -0.3 is 19.7 Å². The molecule has 0 aliphatic carbocycles. The molecule has 3 heterocycles. The topological polar surface area (TPSA) is 74.5 Å². The zero-order chi connectivity index (χ0) is 20.8. The number of piperazine rings is 1. The van der Waals surface area contributed by atoms with Gasteiger partial charge >= 0.3 is 0 Å². The molecule has 0 atom stereocenters. The van der Waals surface area contributed by atoms with E-state index < -0.39 is 0 Å². The summed E-state index contributed by atoms with van der Waals surface area (Å²) in [5, 5.41) is 4.50. The van der Waals surface area contributed by atoms with Crippen LogP contribution in [0.5, 0.6) is 0 Å². The molecule has 0 saturated carbocycles. The van der Waals surface area contributed by atoms with Gasteiger partial charge in [-0.1, -0.05) is 19.1 Å². The number of imidazole rings is 1. The highest BCUT2D eigenvalue weighted by Crippen LogP contribution is 2.19. The monoisotopic (exact) mass is 554 g/mol. The molecule has 4 rings (SSSR count). The molecule has 2 aromatic heterocycles. The van der Waals surface area contributed by atoms with Crippen LogP contribution in [0.15, 0.2) is 35.6 Å². The maximum atomic E-state index is 4.89. The summed E-state index contributed by atoms with van der Waals surface area (Å²) < 4.78 is 6.63. The lowest BCUT2D eigenvalue weighted by molar-refractivity contribution is 0.372. The van der Waals surface area contributed by atoms with Gasteiger partial charge in [-0.05, 0) is 25.5 Å². The molecule has 0 spiro atoms. The van der Waals surface area contributed by atoms with Crippen molar-refractivity contribution in [1.29, 1.82) is 0 Å². The van der Waals surface area contributed by atoms with E-state index in [0.717, 1.165) is 81.1 Å². The molecule has 1 fully saturated rings. The summed E-state index contributed by atoms with van der Waals surface area (Å²) in [5.74, 6) is 1.96. The molecule has 168 valence electrons. The summed E-state index contributed by atoms with van der Waals surface area (Å²) >= 11 is 1.51. The SMILES string of the molecule is CCNC(=NCCCn1cnc2ccccc21)N1CCN(c2nc(CC)ns2)CC1.I. The van der Waals surface area contributed by atoms with E-state index in [1.807, 2.05) is 12.4 Å². The number of guanidine groups is 1. The van der Waals surface area contributed by atoms with Crippen LogP contribution < -0.4 is 10.2 Å². The number of nitrogens with zero attached hydrogens (tertiary/aromatic N) is 7. The van der Waals surface area contributed by atoms with E-state index in [1.54, 1.807) is 0 Å². The quantitative estimate of drug-likeness (QED) is 0.209. The number of hydrogen-bond donors (Lipinski definition) is 1. The number of fused-ring (bicyclic) bond motifs is 1. The van der Waals surface area contributed by atoms with Crippen molar-refractivity contribution in [3.05, 3.63) is 36.4 Å². The highest BCUT2D eigenvalue weighted by atomic mass is 127. The number of aromatic nitrogens is 4. The van der Waals surface area contributed by atoms with Gasteiger partial charge in [0.05, 0.1) is 17.4 Å². The normalized spacial score (nSPS) is 14.7. The average molecular weight is 555 g/mol. The van der Waals surface area contributed by atoms with E-state index >= 15 is 0 Å². The molecule has 0 unspecified atom stereocenters. The molecule has 10 heteroatoms. The molecule has 0 amide bonds. The molecule has 0 radical (unpaired) electrons. The fourth-order valence-electron chi connectivity index (χ4n) is 3.67. The number of aliphatic imine (C=N–C) groups is 1. The molecule has 1 aliphatic rings. The van der Waals surface area contributed by atoms with Crippen molar-refractivity contribution in [2.75, 3.05) is 44.2 Å². The molecular weight excluding hydrogens is 523 g/mol. The van der Waals surface area contributed by atoms with Crippen molar-refractivity contribution in [2.24, 2.45) is 4.99 Å². The van der Waals surface area contributed by atoms with E-state index in [0.29, 0.717) is 0 Å². The second kappa shape index (κ2) is 11.6. The molecule has 1 aliphatic heterocycles. The number of aryl methyl sites for hydroxylation is 2. The van der Waals surface area contributed by atoms with Gasteiger partial charge in [0.15, 0.2) is 5.96 Å². The van der Waals surface area contributed by atoms with Crippen molar-refractivity contribution in [3.63, 3.8) is 0 Å². The highest BCUT2D eigenvalue weighted by molar-refractivity contribution is 14.0. The largest absolute Gasteiger partial charge is 0.357 e. The zero-order valence-corrected chi connectivity index (χ0v) is 21.3.